The van der Waals surface area contributed by atoms with Gasteiger partial charge in [0.1, 0.15) is 35.2 Å². The van der Waals surface area contributed by atoms with E-state index in [1.54, 1.807) is 4.90 Å². The van der Waals surface area contributed by atoms with Crippen molar-refractivity contribution in [3.8, 4) is 22.6 Å². The molecular weight excluding hydrogens is 729 g/mol. The number of benzene rings is 3. The summed E-state index contributed by atoms with van der Waals surface area (Å²) in [6, 6.07) is 17.7. The molecule has 2 aliphatic heterocycles. The largest absolute Gasteiger partial charge is 0.457 e. The first kappa shape index (κ1) is 39.1. The van der Waals surface area contributed by atoms with Gasteiger partial charge in [0, 0.05) is 19.2 Å². The van der Waals surface area contributed by atoms with Gasteiger partial charge >= 0.3 is 12.2 Å². The van der Waals surface area contributed by atoms with Gasteiger partial charge in [0.15, 0.2) is 0 Å². The van der Waals surface area contributed by atoms with Crippen LogP contribution >= 0.6 is 0 Å². The lowest BCUT2D eigenvalue weighted by molar-refractivity contribution is -0.136. The standard InChI is InChI=1S/C42H50N8O7/c1-23(2)35(47-41(53)55-5)39(51)49-19-7-9-33(49)37-43-29-17-13-26(21-31(29)45-37)25-11-14-27(15-12-25)57-28-16-18-30-32(22-28)46-38(44-30)34-10-8-20-50(34)40(52)36(24(3)4)48-42(54)56-6/h11-18,21-24,33-36H,7-10,19-20H2,1-6H3,(H,43,45)(H,44,46)(H,47,53)(H,48,54)/t33-,34-,35?,36-/m0/s1. The van der Waals surface area contributed by atoms with Gasteiger partial charge in [0.25, 0.3) is 0 Å². The molecule has 7 rings (SSSR count). The quantitative estimate of drug-likeness (QED) is 0.110. The molecule has 4 amide bonds. The van der Waals surface area contributed by atoms with Gasteiger partial charge in [0.05, 0.1) is 48.4 Å². The summed E-state index contributed by atoms with van der Waals surface area (Å²) in [6.45, 7) is 8.75. The topological polar surface area (TPSA) is 184 Å². The Morgan fingerprint density at radius 3 is 1.60 bits per heavy atom. The summed E-state index contributed by atoms with van der Waals surface area (Å²) in [7, 11) is 2.57. The zero-order valence-electron chi connectivity index (χ0n) is 33.1. The normalized spacial score (nSPS) is 18.0. The molecule has 5 aromatic rings. The Hall–Kier alpha value is -6.12. The smallest absolute Gasteiger partial charge is 0.407 e. The number of alkyl carbamates (subject to hydrolysis) is 2. The summed E-state index contributed by atoms with van der Waals surface area (Å²) in [5, 5.41) is 5.39. The van der Waals surface area contributed by atoms with Gasteiger partial charge in [0.2, 0.25) is 11.8 Å². The lowest BCUT2D eigenvalue weighted by Gasteiger charge is -2.29. The van der Waals surface area contributed by atoms with Crippen LogP contribution in [0, 0.1) is 11.8 Å². The van der Waals surface area contributed by atoms with E-state index in [1.165, 1.54) is 14.2 Å². The van der Waals surface area contributed by atoms with Crippen molar-refractivity contribution < 1.29 is 33.4 Å². The predicted octanol–water partition coefficient (Wildman–Crippen LogP) is 6.99. The highest BCUT2D eigenvalue weighted by molar-refractivity contribution is 5.88. The van der Waals surface area contributed by atoms with Crippen LogP contribution in [-0.2, 0) is 19.1 Å². The monoisotopic (exact) mass is 778 g/mol. The molecule has 0 radical (unpaired) electrons. The van der Waals surface area contributed by atoms with Gasteiger partial charge in [-0.1, -0.05) is 45.9 Å². The van der Waals surface area contributed by atoms with Crippen LogP contribution in [0.4, 0.5) is 9.59 Å². The van der Waals surface area contributed by atoms with Crippen LogP contribution < -0.4 is 15.4 Å². The Kier molecular flexibility index (Phi) is 11.4. The zero-order valence-corrected chi connectivity index (χ0v) is 33.1. The molecule has 0 spiro atoms. The van der Waals surface area contributed by atoms with Gasteiger partial charge in [-0.25, -0.2) is 19.6 Å². The number of aromatic amines is 2. The maximum atomic E-state index is 13.6. The molecule has 2 aromatic heterocycles. The molecule has 0 bridgehead atoms. The number of carbonyl (C=O) groups is 4. The van der Waals surface area contributed by atoms with Crippen LogP contribution in [0.25, 0.3) is 33.2 Å². The number of H-pyrrole nitrogens is 2. The van der Waals surface area contributed by atoms with Crippen molar-refractivity contribution in [2.24, 2.45) is 11.8 Å². The molecule has 0 saturated carbocycles. The molecule has 2 saturated heterocycles. The number of fused-ring (bicyclic) bond motifs is 2. The molecule has 15 heteroatoms. The summed E-state index contributed by atoms with van der Waals surface area (Å²) in [4.78, 5) is 71.3. The molecule has 1 unspecified atom stereocenters. The Bertz CT molecular complexity index is 2270. The number of hydrogen-bond donors (Lipinski definition) is 4. The second-order valence-corrected chi connectivity index (χ2v) is 15.4. The second-order valence-electron chi connectivity index (χ2n) is 15.4. The van der Waals surface area contributed by atoms with E-state index in [9.17, 15) is 19.2 Å². The highest BCUT2D eigenvalue weighted by Gasteiger charge is 2.39. The highest BCUT2D eigenvalue weighted by atomic mass is 16.5. The van der Waals surface area contributed by atoms with Crippen LogP contribution in [0.1, 0.15) is 77.1 Å². The molecule has 4 heterocycles. The number of aromatic nitrogens is 4. The Balaban J connectivity index is 1.03. The van der Waals surface area contributed by atoms with E-state index in [2.05, 4.69) is 26.7 Å². The first-order chi connectivity index (χ1) is 27.4. The third kappa shape index (κ3) is 8.23. The summed E-state index contributed by atoms with van der Waals surface area (Å²) < 4.78 is 15.8. The number of carbonyl (C=O) groups excluding carboxylic acids is 4. The number of ether oxygens (including phenoxy) is 3. The van der Waals surface area contributed by atoms with Crippen molar-refractivity contribution >= 4 is 46.1 Å². The number of imidazole rings is 2. The highest BCUT2D eigenvalue weighted by Crippen LogP contribution is 2.36. The maximum absolute atomic E-state index is 13.6. The first-order valence-corrected chi connectivity index (χ1v) is 19.5. The van der Waals surface area contributed by atoms with Gasteiger partial charge in [-0.05, 0) is 85.0 Å². The minimum Gasteiger partial charge on any atom is -0.457 e. The summed E-state index contributed by atoms with van der Waals surface area (Å²) >= 11 is 0. The summed E-state index contributed by atoms with van der Waals surface area (Å²) in [5.74, 6) is 2.19. The van der Waals surface area contributed by atoms with Gasteiger partial charge < -0.3 is 44.6 Å². The fourth-order valence-corrected chi connectivity index (χ4v) is 7.83. The van der Waals surface area contributed by atoms with E-state index in [-0.39, 0.29) is 35.7 Å². The molecule has 15 nitrogen and oxygen atoms in total. The van der Waals surface area contributed by atoms with Gasteiger partial charge in [-0.2, -0.15) is 0 Å². The number of nitrogens with zero attached hydrogens (tertiary/aromatic N) is 4. The maximum Gasteiger partial charge on any atom is 0.407 e. The van der Waals surface area contributed by atoms with Crippen molar-refractivity contribution in [2.45, 2.75) is 77.5 Å². The molecule has 2 fully saturated rings. The fraction of sp³-hybridized carbons (Fsp3) is 0.429. The molecule has 57 heavy (non-hydrogen) atoms. The van der Waals surface area contributed by atoms with Crippen molar-refractivity contribution in [3.05, 3.63) is 72.3 Å². The zero-order chi connectivity index (χ0) is 40.4. The number of amides is 4. The molecular formula is C42H50N8O7. The SMILES string of the molecule is COC(=O)NC(C(=O)N1CCC[C@H]1c1nc2ccc(-c3ccc(Oc4ccc5nc([C@@H]6CCCN6C(=O)[C@@H](NC(=O)OC)C(C)C)[nH]c5c4)cc3)cc2[nH]1)C(C)C. The van der Waals surface area contributed by atoms with Crippen LogP contribution in [0.5, 0.6) is 11.5 Å². The number of hydrogen-bond acceptors (Lipinski definition) is 9. The molecule has 300 valence electrons. The van der Waals surface area contributed by atoms with Crippen LogP contribution in [0.15, 0.2) is 60.7 Å². The third-order valence-electron chi connectivity index (χ3n) is 10.9. The van der Waals surface area contributed by atoms with Gasteiger partial charge in [-0.15, -0.1) is 0 Å². The van der Waals surface area contributed by atoms with Crippen molar-refractivity contribution in [2.75, 3.05) is 27.3 Å². The average Bonchev–Trinajstić information content (AvgIpc) is 4.03. The minimum absolute atomic E-state index is 0.113. The van der Waals surface area contributed by atoms with E-state index in [1.807, 2.05) is 87.2 Å². The summed E-state index contributed by atoms with van der Waals surface area (Å²) in [6.07, 6.45) is 1.94. The van der Waals surface area contributed by atoms with Gasteiger partial charge in [-0.3, -0.25) is 9.59 Å². The first-order valence-electron chi connectivity index (χ1n) is 19.5. The Morgan fingerprint density at radius 2 is 1.11 bits per heavy atom. The van der Waals surface area contributed by atoms with Crippen LogP contribution in [0.2, 0.25) is 0 Å². The molecule has 3 aromatic carbocycles. The molecule has 0 aliphatic carbocycles. The second kappa shape index (κ2) is 16.5. The van der Waals surface area contributed by atoms with E-state index in [0.717, 1.165) is 64.7 Å². The third-order valence-corrected chi connectivity index (χ3v) is 10.9. The van der Waals surface area contributed by atoms with Crippen molar-refractivity contribution in [1.29, 1.82) is 0 Å². The number of rotatable bonds is 11. The van der Waals surface area contributed by atoms with Crippen LogP contribution in [0.3, 0.4) is 0 Å². The fourth-order valence-electron chi connectivity index (χ4n) is 7.83. The summed E-state index contributed by atoms with van der Waals surface area (Å²) in [5.41, 5.74) is 5.22. The lowest BCUT2D eigenvalue weighted by atomic mass is 10.0. The van der Waals surface area contributed by atoms with E-state index >= 15 is 0 Å². The van der Waals surface area contributed by atoms with Crippen molar-refractivity contribution in [1.82, 2.24) is 40.4 Å². The van der Waals surface area contributed by atoms with E-state index < -0.39 is 24.3 Å². The van der Waals surface area contributed by atoms with Crippen LogP contribution in [-0.4, -0.2) is 93.1 Å². The number of methoxy groups -OCH3 is 2. The Labute approximate surface area is 330 Å². The number of nitrogens with one attached hydrogen (secondary N) is 4. The predicted molar refractivity (Wildman–Crippen MR) is 213 cm³/mol. The van der Waals surface area contributed by atoms with E-state index in [0.29, 0.717) is 30.4 Å². The minimum atomic E-state index is -0.704. The average molecular weight is 779 g/mol. The van der Waals surface area contributed by atoms with E-state index in [4.69, 9.17) is 24.2 Å². The molecule has 4 atom stereocenters. The lowest BCUT2D eigenvalue weighted by Crippen LogP contribution is -2.51. The number of likely N-dealkylation sites (tertiary alicyclic amines) is 2. The molecule has 4 N–H and O–H groups in total. The Morgan fingerprint density at radius 1 is 0.649 bits per heavy atom. The molecule has 2 aliphatic rings. The van der Waals surface area contributed by atoms with Crippen molar-refractivity contribution in [3.63, 3.8) is 0 Å².